The predicted octanol–water partition coefficient (Wildman–Crippen LogP) is 4.50. The molecule has 0 N–H and O–H groups in total. The molecule has 2 nitrogen and oxygen atoms in total. The largest absolute Gasteiger partial charge is 0.495 e. The molecule has 0 radical (unpaired) electrons. The van der Waals surface area contributed by atoms with Crippen LogP contribution in [0.1, 0.15) is 18.1 Å². The molecule has 0 amide bonds. The van der Waals surface area contributed by atoms with Crippen molar-refractivity contribution < 1.29 is 9.47 Å². The van der Waals surface area contributed by atoms with E-state index < -0.39 is 0 Å². The molecule has 1 aliphatic heterocycles. The zero-order valence-electron chi connectivity index (χ0n) is 11.6. The van der Waals surface area contributed by atoms with E-state index in [9.17, 15) is 0 Å². The third-order valence-corrected chi connectivity index (χ3v) is 3.38. The molecular weight excluding hydrogens is 248 g/mol. The lowest BCUT2D eigenvalue weighted by atomic mass is 9.96. The number of methoxy groups -OCH3 is 1. The lowest BCUT2D eigenvalue weighted by Gasteiger charge is -2.14. The number of benzene rings is 2. The Labute approximate surface area is 119 Å². The molecule has 2 aromatic rings. The van der Waals surface area contributed by atoms with Gasteiger partial charge in [-0.05, 0) is 30.2 Å². The first-order valence-electron chi connectivity index (χ1n) is 6.58. The van der Waals surface area contributed by atoms with Crippen molar-refractivity contribution in [2.24, 2.45) is 0 Å². The van der Waals surface area contributed by atoms with E-state index in [1.54, 1.807) is 13.4 Å². The van der Waals surface area contributed by atoms with E-state index in [0.717, 1.165) is 33.8 Å². The van der Waals surface area contributed by atoms with Crippen LogP contribution in [0.3, 0.4) is 0 Å². The summed E-state index contributed by atoms with van der Waals surface area (Å²) in [6.07, 6.45) is 1.78. The van der Waals surface area contributed by atoms with Gasteiger partial charge in [0.2, 0.25) is 0 Å². The van der Waals surface area contributed by atoms with E-state index in [4.69, 9.17) is 9.47 Å². The Morgan fingerprint density at radius 1 is 0.900 bits per heavy atom. The zero-order chi connectivity index (χ0) is 13.9. The van der Waals surface area contributed by atoms with Crippen LogP contribution in [-0.2, 0) is 4.74 Å². The first-order valence-corrected chi connectivity index (χ1v) is 6.58. The van der Waals surface area contributed by atoms with Crippen molar-refractivity contribution in [2.75, 3.05) is 7.11 Å². The fraction of sp³-hybridized carbons (Fsp3) is 0.111. The summed E-state index contributed by atoms with van der Waals surface area (Å²) in [5, 5.41) is 0. The molecule has 0 fully saturated rings. The molecule has 3 rings (SSSR count). The van der Waals surface area contributed by atoms with E-state index in [1.807, 2.05) is 49.4 Å². The van der Waals surface area contributed by atoms with E-state index in [2.05, 4.69) is 12.1 Å². The van der Waals surface area contributed by atoms with Crippen LogP contribution in [0.5, 0.6) is 5.75 Å². The molecule has 0 aromatic heterocycles. The van der Waals surface area contributed by atoms with Crippen LogP contribution in [0.15, 0.2) is 66.4 Å². The van der Waals surface area contributed by atoms with Gasteiger partial charge >= 0.3 is 0 Å². The van der Waals surface area contributed by atoms with Gasteiger partial charge in [0, 0.05) is 5.57 Å². The minimum atomic E-state index is 0.814. The topological polar surface area (TPSA) is 18.5 Å². The minimum absolute atomic E-state index is 0.814. The van der Waals surface area contributed by atoms with Crippen LogP contribution in [0, 0.1) is 0 Å². The van der Waals surface area contributed by atoms with E-state index in [1.165, 1.54) is 0 Å². The van der Waals surface area contributed by atoms with Crippen LogP contribution in [0.4, 0.5) is 0 Å². The second-order valence-electron chi connectivity index (χ2n) is 4.69. The summed E-state index contributed by atoms with van der Waals surface area (Å²) in [7, 11) is 1.70. The van der Waals surface area contributed by atoms with Gasteiger partial charge in [-0.15, -0.1) is 0 Å². The molecule has 0 saturated carbocycles. The van der Waals surface area contributed by atoms with Gasteiger partial charge < -0.3 is 9.47 Å². The summed E-state index contributed by atoms with van der Waals surface area (Å²) in [5.41, 5.74) is 4.21. The molecule has 20 heavy (non-hydrogen) atoms. The van der Waals surface area contributed by atoms with E-state index in [-0.39, 0.29) is 0 Å². The molecule has 2 heteroatoms. The Morgan fingerprint density at radius 2 is 1.60 bits per heavy atom. The average molecular weight is 264 g/mol. The number of allylic oxidation sites excluding steroid dienone is 2. The van der Waals surface area contributed by atoms with Crippen LogP contribution in [-0.4, -0.2) is 7.11 Å². The predicted molar refractivity (Wildman–Crippen MR) is 81.1 cm³/mol. The second kappa shape index (κ2) is 5.25. The summed E-state index contributed by atoms with van der Waals surface area (Å²) in [5.74, 6) is 1.66. The number of hydrogen-bond acceptors (Lipinski definition) is 2. The summed E-state index contributed by atoms with van der Waals surface area (Å²) in [6.45, 7) is 2.03. The standard InChI is InChI=1S/C18H16O2/c1-13-12-20-16-11-7-6-10-15(16)18(19-2)17(13)14-8-4-3-5-9-14/h3-12H,1-2H3. The van der Waals surface area contributed by atoms with Gasteiger partial charge in [-0.3, -0.25) is 0 Å². The highest BCUT2D eigenvalue weighted by Crippen LogP contribution is 2.38. The average Bonchev–Trinajstić information content (AvgIpc) is 2.65. The Balaban J connectivity index is 2.29. The lowest BCUT2D eigenvalue weighted by molar-refractivity contribution is 0.369. The number of rotatable bonds is 2. The summed E-state index contributed by atoms with van der Waals surface area (Å²) >= 11 is 0. The molecule has 0 aliphatic carbocycles. The first-order chi connectivity index (χ1) is 9.81. The van der Waals surface area contributed by atoms with Crippen molar-refractivity contribution in [3.63, 3.8) is 0 Å². The number of fused-ring (bicyclic) bond motifs is 1. The molecule has 0 spiro atoms. The monoisotopic (exact) mass is 264 g/mol. The van der Waals surface area contributed by atoms with Crippen molar-refractivity contribution in [3.05, 3.63) is 77.6 Å². The minimum Gasteiger partial charge on any atom is -0.495 e. The molecule has 1 heterocycles. The molecule has 1 aliphatic rings. The highest BCUT2D eigenvalue weighted by Gasteiger charge is 2.20. The van der Waals surface area contributed by atoms with Crippen LogP contribution in [0.25, 0.3) is 11.3 Å². The van der Waals surface area contributed by atoms with Crippen molar-refractivity contribution in [2.45, 2.75) is 6.92 Å². The number of hydrogen-bond donors (Lipinski definition) is 0. The van der Waals surface area contributed by atoms with Gasteiger partial charge in [0.1, 0.15) is 11.5 Å². The Hall–Kier alpha value is -2.48. The molecule has 2 aromatic carbocycles. The van der Waals surface area contributed by atoms with Gasteiger partial charge in [0.15, 0.2) is 0 Å². The Morgan fingerprint density at radius 3 is 2.35 bits per heavy atom. The van der Waals surface area contributed by atoms with Gasteiger partial charge in [-0.2, -0.15) is 0 Å². The zero-order valence-corrected chi connectivity index (χ0v) is 11.6. The summed E-state index contributed by atoms with van der Waals surface area (Å²) in [6, 6.07) is 18.2. The fourth-order valence-corrected chi connectivity index (χ4v) is 2.46. The quantitative estimate of drug-likeness (QED) is 0.795. The SMILES string of the molecule is COC1=C(c2ccccc2)C(C)=COc2ccccc21. The molecular formula is C18H16O2. The number of ether oxygens (including phenoxy) is 2. The fourth-order valence-electron chi connectivity index (χ4n) is 2.46. The molecule has 0 saturated heterocycles. The van der Waals surface area contributed by atoms with Crippen molar-refractivity contribution in [3.8, 4) is 5.75 Å². The lowest BCUT2D eigenvalue weighted by Crippen LogP contribution is -1.95. The normalized spacial score (nSPS) is 14.0. The Bertz CT molecular complexity index is 682. The summed E-state index contributed by atoms with van der Waals surface area (Å²) in [4.78, 5) is 0. The molecule has 0 atom stereocenters. The first kappa shape index (κ1) is 12.5. The summed E-state index contributed by atoms with van der Waals surface area (Å²) < 4.78 is 11.5. The van der Waals surface area contributed by atoms with Gasteiger partial charge in [-0.25, -0.2) is 0 Å². The third kappa shape index (κ3) is 2.10. The van der Waals surface area contributed by atoms with E-state index >= 15 is 0 Å². The van der Waals surface area contributed by atoms with Crippen molar-refractivity contribution in [1.82, 2.24) is 0 Å². The number of para-hydroxylation sites is 1. The second-order valence-corrected chi connectivity index (χ2v) is 4.69. The molecule has 0 unspecified atom stereocenters. The van der Waals surface area contributed by atoms with Gasteiger partial charge in [0.25, 0.3) is 0 Å². The molecule has 0 bridgehead atoms. The van der Waals surface area contributed by atoms with Gasteiger partial charge in [-0.1, -0.05) is 42.5 Å². The maximum atomic E-state index is 5.76. The van der Waals surface area contributed by atoms with Gasteiger partial charge in [0.05, 0.1) is 18.9 Å². The third-order valence-electron chi connectivity index (χ3n) is 3.38. The molecule has 100 valence electrons. The van der Waals surface area contributed by atoms with E-state index in [0.29, 0.717) is 0 Å². The van der Waals surface area contributed by atoms with Crippen molar-refractivity contribution in [1.29, 1.82) is 0 Å². The Kier molecular flexibility index (Phi) is 3.30. The van der Waals surface area contributed by atoms with Crippen LogP contribution < -0.4 is 4.74 Å². The van der Waals surface area contributed by atoms with Crippen molar-refractivity contribution >= 4 is 11.3 Å². The smallest absolute Gasteiger partial charge is 0.138 e. The highest BCUT2D eigenvalue weighted by molar-refractivity contribution is 5.97. The highest BCUT2D eigenvalue weighted by atomic mass is 16.5. The maximum absolute atomic E-state index is 5.76. The van der Waals surface area contributed by atoms with Crippen LogP contribution in [0.2, 0.25) is 0 Å². The maximum Gasteiger partial charge on any atom is 0.138 e. The van der Waals surface area contributed by atoms with Crippen LogP contribution >= 0.6 is 0 Å².